The molecule has 4 nitrogen and oxygen atoms in total. The molecule has 0 aliphatic rings. The Morgan fingerprint density at radius 3 is 2.48 bits per heavy atom. The Kier molecular flexibility index (Phi) is 3.81. The fraction of sp³-hybridized carbons (Fsp3) is 0. The molecule has 3 rings (SSSR count). The molecule has 0 amide bonds. The Hall–Kier alpha value is -1.67. The molecule has 1 heterocycles. The number of fused-ring (bicyclic) bond motifs is 1. The highest BCUT2D eigenvalue weighted by Gasteiger charge is 2.18. The first-order valence-electron chi connectivity index (χ1n) is 6.11. The summed E-state index contributed by atoms with van der Waals surface area (Å²) in [4.78, 5) is 4.34. The molecule has 106 valence electrons. The standard InChI is InChI=1S/C15H10INO3S/c16-13-9-10-17-15-12(13)7-4-8-14(15)20-21(18,19)11-5-2-1-3-6-11/h1-10H. The number of hydrogen-bond donors (Lipinski definition) is 0. The molecule has 0 atom stereocenters. The third kappa shape index (κ3) is 2.86. The van der Waals surface area contributed by atoms with Gasteiger partial charge in [-0.25, -0.2) is 0 Å². The highest BCUT2D eigenvalue weighted by atomic mass is 127. The summed E-state index contributed by atoms with van der Waals surface area (Å²) in [6.07, 6.45) is 1.63. The van der Waals surface area contributed by atoms with E-state index < -0.39 is 10.1 Å². The van der Waals surface area contributed by atoms with Crippen LogP contribution in [0, 0.1) is 3.57 Å². The minimum atomic E-state index is -3.86. The van der Waals surface area contributed by atoms with Crippen LogP contribution in [0.4, 0.5) is 0 Å². The Morgan fingerprint density at radius 2 is 1.71 bits per heavy atom. The van der Waals surface area contributed by atoms with Gasteiger partial charge in [0.1, 0.15) is 10.4 Å². The van der Waals surface area contributed by atoms with Gasteiger partial charge in [0, 0.05) is 15.2 Å². The third-order valence-corrected chi connectivity index (χ3v) is 5.10. The van der Waals surface area contributed by atoms with Gasteiger partial charge < -0.3 is 4.18 Å². The summed E-state index contributed by atoms with van der Waals surface area (Å²) in [7, 11) is -3.86. The van der Waals surface area contributed by atoms with E-state index in [2.05, 4.69) is 27.6 Å². The average Bonchev–Trinajstić information content (AvgIpc) is 2.49. The second-order valence-corrected chi connectivity index (χ2v) is 7.00. The van der Waals surface area contributed by atoms with Crippen molar-refractivity contribution < 1.29 is 12.6 Å². The lowest BCUT2D eigenvalue weighted by atomic mass is 10.2. The maximum atomic E-state index is 12.3. The molecular formula is C15H10INO3S. The van der Waals surface area contributed by atoms with Gasteiger partial charge in [-0.2, -0.15) is 8.42 Å². The van der Waals surface area contributed by atoms with Crippen LogP contribution < -0.4 is 4.18 Å². The highest BCUT2D eigenvalue weighted by Crippen LogP contribution is 2.28. The number of rotatable bonds is 3. The van der Waals surface area contributed by atoms with E-state index in [1.165, 1.54) is 12.1 Å². The molecule has 0 unspecified atom stereocenters. The Bertz CT molecular complexity index is 895. The molecule has 6 heteroatoms. The summed E-state index contributed by atoms with van der Waals surface area (Å²) in [5.74, 6) is 0.231. The van der Waals surface area contributed by atoms with Crippen LogP contribution in [-0.2, 0) is 10.1 Å². The van der Waals surface area contributed by atoms with Crippen LogP contribution in [0.1, 0.15) is 0 Å². The molecule has 0 fully saturated rings. The van der Waals surface area contributed by atoms with Crippen molar-refractivity contribution in [3.05, 3.63) is 64.4 Å². The van der Waals surface area contributed by atoms with Crippen LogP contribution in [0.3, 0.4) is 0 Å². The summed E-state index contributed by atoms with van der Waals surface area (Å²) in [6.45, 7) is 0. The van der Waals surface area contributed by atoms with Crippen molar-refractivity contribution in [3.8, 4) is 5.75 Å². The summed E-state index contributed by atoms with van der Waals surface area (Å²) < 4.78 is 30.8. The number of benzene rings is 2. The van der Waals surface area contributed by atoms with Crippen LogP contribution in [0.2, 0.25) is 0 Å². The zero-order valence-corrected chi connectivity index (χ0v) is 13.7. The summed E-state index contributed by atoms with van der Waals surface area (Å²) in [5, 5.41) is 0.860. The molecule has 2 aromatic carbocycles. The van der Waals surface area contributed by atoms with Crippen LogP contribution in [0.25, 0.3) is 10.9 Å². The molecule has 0 saturated carbocycles. The fourth-order valence-corrected chi connectivity index (χ4v) is 3.49. The molecule has 0 bridgehead atoms. The number of para-hydroxylation sites is 1. The Balaban J connectivity index is 2.09. The first-order valence-corrected chi connectivity index (χ1v) is 8.59. The van der Waals surface area contributed by atoms with E-state index in [1.54, 1.807) is 36.5 Å². The van der Waals surface area contributed by atoms with E-state index in [9.17, 15) is 8.42 Å². The predicted molar refractivity (Wildman–Crippen MR) is 88.7 cm³/mol. The Morgan fingerprint density at radius 1 is 0.952 bits per heavy atom. The van der Waals surface area contributed by atoms with Crippen molar-refractivity contribution in [1.29, 1.82) is 0 Å². The number of aromatic nitrogens is 1. The van der Waals surface area contributed by atoms with Gasteiger partial charge in [0.2, 0.25) is 0 Å². The number of hydrogen-bond acceptors (Lipinski definition) is 4. The molecule has 0 radical (unpaired) electrons. The van der Waals surface area contributed by atoms with Crippen LogP contribution in [0.15, 0.2) is 65.7 Å². The van der Waals surface area contributed by atoms with E-state index in [1.807, 2.05) is 12.1 Å². The zero-order valence-electron chi connectivity index (χ0n) is 10.7. The normalized spacial score (nSPS) is 11.5. The quantitative estimate of drug-likeness (QED) is 0.488. The first kappa shape index (κ1) is 14.3. The fourth-order valence-electron chi connectivity index (χ4n) is 1.94. The molecule has 0 aliphatic carbocycles. The van der Waals surface area contributed by atoms with E-state index >= 15 is 0 Å². The number of nitrogens with zero attached hydrogens (tertiary/aromatic N) is 1. The smallest absolute Gasteiger partial charge is 0.339 e. The van der Waals surface area contributed by atoms with E-state index in [0.29, 0.717) is 5.52 Å². The van der Waals surface area contributed by atoms with Crippen molar-refractivity contribution >= 4 is 43.6 Å². The van der Waals surface area contributed by atoms with Gasteiger partial charge in [0.15, 0.2) is 5.75 Å². The maximum Gasteiger partial charge on any atom is 0.339 e. The number of halogens is 1. The van der Waals surface area contributed by atoms with Crippen molar-refractivity contribution in [2.75, 3.05) is 0 Å². The molecular weight excluding hydrogens is 401 g/mol. The largest absolute Gasteiger partial charge is 0.377 e. The van der Waals surface area contributed by atoms with E-state index in [0.717, 1.165) is 8.96 Å². The lowest BCUT2D eigenvalue weighted by molar-refractivity contribution is 0.488. The maximum absolute atomic E-state index is 12.3. The van der Waals surface area contributed by atoms with Gasteiger partial charge in [-0.3, -0.25) is 4.98 Å². The topological polar surface area (TPSA) is 56.3 Å². The molecule has 3 aromatic rings. The summed E-state index contributed by atoms with van der Waals surface area (Å²) in [5.41, 5.74) is 0.531. The van der Waals surface area contributed by atoms with Crippen molar-refractivity contribution in [3.63, 3.8) is 0 Å². The van der Waals surface area contributed by atoms with Crippen LogP contribution in [-0.4, -0.2) is 13.4 Å². The van der Waals surface area contributed by atoms with E-state index in [4.69, 9.17) is 4.18 Å². The van der Waals surface area contributed by atoms with Gasteiger partial charge in [-0.05, 0) is 46.9 Å². The van der Waals surface area contributed by atoms with E-state index in [-0.39, 0.29) is 10.6 Å². The molecule has 21 heavy (non-hydrogen) atoms. The molecule has 0 saturated heterocycles. The SMILES string of the molecule is O=S(=O)(Oc1cccc2c(I)ccnc12)c1ccccc1. The van der Waals surface area contributed by atoms with Gasteiger partial charge in [0.05, 0.1) is 0 Å². The van der Waals surface area contributed by atoms with Gasteiger partial charge >= 0.3 is 10.1 Å². The lowest BCUT2D eigenvalue weighted by Crippen LogP contribution is -2.10. The minimum Gasteiger partial charge on any atom is -0.377 e. The van der Waals surface area contributed by atoms with Gasteiger partial charge in [-0.1, -0.05) is 30.3 Å². The van der Waals surface area contributed by atoms with Crippen LogP contribution in [0.5, 0.6) is 5.75 Å². The summed E-state index contributed by atoms with van der Waals surface area (Å²) in [6, 6.07) is 15.1. The number of pyridine rings is 1. The third-order valence-electron chi connectivity index (χ3n) is 2.91. The highest BCUT2D eigenvalue weighted by molar-refractivity contribution is 14.1. The Labute approximate surface area is 136 Å². The molecule has 1 aromatic heterocycles. The lowest BCUT2D eigenvalue weighted by Gasteiger charge is -2.09. The minimum absolute atomic E-state index is 0.118. The monoisotopic (exact) mass is 411 g/mol. The molecule has 0 aliphatic heterocycles. The summed E-state index contributed by atoms with van der Waals surface area (Å²) >= 11 is 2.18. The second-order valence-electron chi connectivity index (χ2n) is 4.30. The molecule has 0 spiro atoms. The molecule has 0 N–H and O–H groups in total. The zero-order chi connectivity index (χ0) is 14.9. The predicted octanol–water partition coefficient (Wildman–Crippen LogP) is 3.61. The van der Waals surface area contributed by atoms with Gasteiger partial charge in [0.25, 0.3) is 0 Å². The van der Waals surface area contributed by atoms with Crippen molar-refractivity contribution in [2.45, 2.75) is 4.90 Å². The first-order chi connectivity index (χ1) is 10.1. The van der Waals surface area contributed by atoms with Crippen molar-refractivity contribution in [1.82, 2.24) is 4.98 Å². The average molecular weight is 411 g/mol. The van der Waals surface area contributed by atoms with Crippen molar-refractivity contribution in [2.24, 2.45) is 0 Å². The van der Waals surface area contributed by atoms with Crippen LogP contribution >= 0.6 is 22.6 Å². The second kappa shape index (κ2) is 5.61. The van der Waals surface area contributed by atoms with Gasteiger partial charge in [-0.15, -0.1) is 0 Å².